The third kappa shape index (κ3) is 2.94. The molecular weight excluding hydrogens is 264 g/mol. The molecule has 7 heteroatoms. The monoisotopic (exact) mass is 280 g/mol. The smallest absolute Gasteiger partial charge is 0.262 e. The summed E-state index contributed by atoms with van der Waals surface area (Å²) in [6.45, 7) is 2.78. The number of aryl methyl sites for hydroxylation is 1. The van der Waals surface area contributed by atoms with Crippen LogP contribution in [0.2, 0.25) is 0 Å². The van der Waals surface area contributed by atoms with Gasteiger partial charge in [-0.1, -0.05) is 18.2 Å². The summed E-state index contributed by atoms with van der Waals surface area (Å²) in [6.07, 6.45) is 3.12. The highest BCUT2D eigenvalue weighted by atomic mass is 32.2. The zero-order valence-electron chi connectivity index (χ0n) is 10.6. The van der Waals surface area contributed by atoms with Crippen LogP contribution in [0, 0.1) is 0 Å². The predicted octanol–water partition coefficient (Wildman–Crippen LogP) is 1.16. The molecule has 0 spiro atoms. The quantitative estimate of drug-likeness (QED) is 0.860. The van der Waals surface area contributed by atoms with Crippen molar-refractivity contribution in [2.24, 2.45) is 5.73 Å². The van der Waals surface area contributed by atoms with E-state index in [2.05, 4.69) is 9.82 Å². The van der Waals surface area contributed by atoms with E-state index >= 15 is 0 Å². The highest BCUT2D eigenvalue weighted by Gasteiger charge is 2.18. The third-order valence-corrected chi connectivity index (χ3v) is 4.17. The molecule has 0 atom stereocenters. The van der Waals surface area contributed by atoms with E-state index in [0.717, 1.165) is 0 Å². The van der Waals surface area contributed by atoms with Crippen LogP contribution >= 0.6 is 0 Å². The van der Waals surface area contributed by atoms with E-state index in [1.165, 1.54) is 12.3 Å². The first-order valence-electron chi connectivity index (χ1n) is 5.90. The molecule has 0 saturated heterocycles. The summed E-state index contributed by atoms with van der Waals surface area (Å²) in [5, 5.41) is 4.02. The van der Waals surface area contributed by atoms with Crippen LogP contribution in [0.25, 0.3) is 0 Å². The number of aromatic nitrogens is 2. The zero-order chi connectivity index (χ0) is 13.9. The Kier molecular flexibility index (Phi) is 3.87. The van der Waals surface area contributed by atoms with Crippen LogP contribution in [0.3, 0.4) is 0 Å². The molecule has 3 N–H and O–H groups in total. The van der Waals surface area contributed by atoms with Gasteiger partial charge in [0.05, 0.1) is 16.8 Å². The molecule has 1 aromatic heterocycles. The lowest BCUT2D eigenvalue weighted by Gasteiger charge is -2.09. The van der Waals surface area contributed by atoms with E-state index in [1.54, 1.807) is 29.1 Å². The summed E-state index contributed by atoms with van der Waals surface area (Å²) >= 11 is 0. The van der Waals surface area contributed by atoms with Crippen molar-refractivity contribution < 1.29 is 8.42 Å². The molecule has 1 aromatic carbocycles. The second-order valence-electron chi connectivity index (χ2n) is 4.00. The molecule has 0 bridgehead atoms. The summed E-state index contributed by atoms with van der Waals surface area (Å²) in [5.74, 6) is 0. The van der Waals surface area contributed by atoms with Crippen molar-refractivity contribution in [3.63, 3.8) is 0 Å². The van der Waals surface area contributed by atoms with Crippen LogP contribution in [0.15, 0.2) is 41.6 Å². The lowest BCUT2D eigenvalue weighted by molar-refractivity contribution is 0.600. The normalized spacial score (nSPS) is 11.5. The van der Waals surface area contributed by atoms with Crippen molar-refractivity contribution in [3.05, 3.63) is 42.2 Å². The molecular formula is C12H16N4O2S. The fourth-order valence-electron chi connectivity index (χ4n) is 1.73. The maximum Gasteiger partial charge on any atom is 0.262 e. The molecule has 0 amide bonds. The van der Waals surface area contributed by atoms with Gasteiger partial charge >= 0.3 is 0 Å². The Hall–Kier alpha value is -1.86. The predicted molar refractivity (Wildman–Crippen MR) is 73.0 cm³/mol. The van der Waals surface area contributed by atoms with Gasteiger partial charge in [-0.15, -0.1) is 0 Å². The number of nitrogens with one attached hydrogen (secondary N) is 1. The Balaban J connectivity index is 2.32. The van der Waals surface area contributed by atoms with Crippen molar-refractivity contribution in [2.45, 2.75) is 24.9 Å². The van der Waals surface area contributed by atoms with E-state index in [9.17, 15) is 8.42 Å². The number of anilines is 1. The first-order chi connectivity index (χ1) is 9.06. The van der Waals surface area contributed by atoms with Crippen molar-refractivity contribution in [2.75, 3.05) is 4.72 Å². The van der Waals surface area contributed by atoms with Crippen molar-refractivity contribution in [1.29, 1.82) is 0 Å². The summed E-state index contributed by atoms with van der Waals surface area (Å²) in [4.78, 5) is 0.196. The maximum atomic E-state index is 12.3. The standard InChI is InChI=1S/C12H16N4O2S/c1-2-16-9-11(8-14-16)15-19(17,18)12-6-4-3-5-10(12)7-13/h3-6,8-9,15H,2,7,13H2,1H3. The van der Waals surface area contributed by atoms with Gasteiger partial charge in [-0.2, -0.15) is 5.10 Å². The highest BCUT2D eigenvalue weighted by molar-refractivity contribution is 7.92. The number of hydrogen-bond donors (Lipinski definition) is 2. The lowest BCUT2D eigenvalue weighted by Crippen LogP contribution is -2.15. The summed E-state index contributed by atoms with van der Waals surface area (Å²) in [7, 11) is -3.63. The van der Waals surface area contributed by atoms with Gasteiger partial charge in [0.1, 0.15) is 0 Å². The first kappa shape index (κ1) is 13.6. The number of nitrogens with two attached hydrogens (primary N) is 1. The molecule has 0 unspecified atom stereocenters. The van der Waals surface area contributed by atoms with E-state index in [0.29, 0.717) is 17.8 Å². The van der Waals surface area contributed by atoms with Crippen molar-refractivity contribution in [1.82, 2.24) is 9.78 Å². The van der Waals surface area contributed by atoms with Crippen LogP contribution in [-0.4, -0.2) is 18.2 Å². The van der Waals surface area contributed by atoms with Gasteiger partial charge < -0.3 is 5.73 Å². The topological polar surface area (TPSA) is 90.0 Å². The van der Waals surface area contributed by atoms with Gasteiger partial charge in [-0.05, 0) is 18.6 Å². The van der Waals surface area contributed by atoms with Gasteiger partial charge in [-0.3, -0.25) is 9.40 Å². The third-order valence-electron chi connectivity index (χ3n) is 2.69. The molecule has 0 fully saturated rings. The molecule has 2 rings (SSSR count). The largest absolute Gasteiger partial charge is 0.326 e. The number of sulfonamides is 1. The Bertz CT molecular complexity index is 664. The van der Waals surface area contributed by atoms with Crippen LogP contribution in [0.1, 0.15) is 12.5 Å². The molecule has 0 radical (unpaired) electrons. The number of benzene rings is 1. The number of rotatable bonds is 5. The zero-order valence-corrected chi connectivity index (χ0v) is 11.4. The van der Waals surface area contributed by atoms with Crippen molar-refractivity contribution >= 4 is 15.7 Å². The van der Waals surface area contributed by atoms with E-state index in [1.807, 2.05) is 6.92 Å². The number of nitrogens with zero attached hydrogens (tertiary/aromatic N) is 2. The van der Waals surface area contributed by atoms with Crippen LogP contribution in [0.4, 0.5) is 5.69 Å². The fraction of sp³-hybridized carbons (Fsp3) is 0.250. The number of hydrogen-bond acceptors (Lipinski definition) is 4. The average molecular weight is 280 g/mol. The Morgan fingerprint density at radius 2 is 2.11 bits per heavy atom. The Labute approximate surface area is 112 Å². The molecule has 0 aliphatic carbocycles. The summed E-state index contributed by atoms with van der Waals surface area (Å²) < 4.78 is 28.7. The van der Waals surface area contributed by atoms with Crippen LogP contribution in [0.5, 0.6) is 0 Å². The van der Waals surface area contributed by atoms with Gasteiger partial charge in [0.25, 0.3) is 10.0 Å². The lowest BCUT2D eigenvalue weighted by atomic mass is 10.2. The fourth-order valence-corrected chi connectivity index (χ4v) is 3.01. The summed E-state index contributed by atoms with van der Waals surface area (Å²) in [6, 6.07) is 6.66. The second kappa shape index (κ2) is 5.41. The molecule has 1 heterocycles. The minimum absolute atomic E-state index is 0.172. The molecule has 2 aromatic rings. The van der Waals surface area contributed by atoms with Gasteiger partial charge in [-0.25, -0.2) is 8.42 Å². The first-order valence-corrected chi connectivity index (χ1v) is 7.38. The van der Waals surface area contributed by atoms with Crippen LogP contribution < -0.4 is 10.5 Å². The molecule has 0 aliphatic rings. The average Bonchev–Trinajstić information content (AvgIpc) is 2.85. The van der Waals surface area contributed by atoms with Crippen molar-refractivity contribution in [3.8, 4) is 0 Å². The minimum atomic E-state index is -3.63. The molecule has 6 nitrogen and oxygen atoms in total. The molecule has 19 heavy (non-hydrogen) atoms. The van der Waals surface area contributed by atoms with Gasteiger partial charge in [0.15, 0.2) is 0 Å². The maximum absolute atomic E-state index is 12.3. The second-order valence-corrected chi connectivity index (χ2v) is 5.65. The van der Waals surface area contributed by atoms with E-state index < -0.39 is 10.0 Å². The van der Waals surface area contributed by atoms with Gasteiger partial charge in [0, 0.05) is 19.3 Å². The summed E-state index contributed by atoms with van der Waals surface area (Å²) in [5.41, 5.74) is 6.58. The minimum Gasteiger partial charge on any atom is -0.326 e. The molecule has 0 saturated carbocycles. The Morgan fingerprint density at radius 3 is 2.74 bits per heavy atom. The van der Waals surface area contributed by atoms with E-state index in [-0.39, 0.29) is 11.4 Å². The Morgan fingerprint density at radius 1 is 1.37 bits per heavy atom. The SMILES string of the molecule is CCn1cc(NS(=O)(=O)c2ccccc2CN)cn1. The van der Waals surface area contributed by atoms with Crippen LogP contribution in [-0.2, 0) is 23.1 Å². The van der Waals surface area contributed by atoms with Gasteiger partial charge in [0.2, 0.25) is 0 Å². The molecule has 0 aliphatic heterocycles. The van der Waals surface area contributed by atoms with E-state index in [4.69, 9.17) is 5.73 Å². The molecule has 102 valence electrons. The highest BCUT2D eigenvalue weighted by Crippen LogP contribution is 2.18.